The quantitative estimate of drug-likeness (QED) is 0.710. The second-order valence-electron chi connectivity index (χ2n) is 5.84. The van der Waals surface area contributed by atoms with E-state index in [1.807, 2.05) is 56.3 Å². The minimum absolute atomic E-state index is 0.135. The Bertz CT molecular complexity index is 647. The van der Waals surface area contributed by atoms with Gasteiger partial charge in [-0.2, -0.15) is 0 Å². The first kappa shape index (κ1) is 18.3. The summed E-state index contributed by atoms with van der Waals surface area (Å²) in [6.45, 7) is 2.82. The van der Waals surface area contributed by atoms with E-state index in [1.165, 1.54) is 11.3 Å². The molecular formula is C16H23N5O2S. The average Bonchev–Trinajstić information content (AvgIpc) is 2.96. The zero-order chi connectivity index (χ0) is 17.5. The highest BCUT2D eigenvalue weighted by Crippen LogP contribution is 2.22. The topological polar surface area (TPSA) is 90.4 Å². The summed E-state index contributed by atoms with van der Waals surface area (Å²) in [5, 5.41) is 25.0. The van der Waals surface area contributed by atoms with Crippen molar-refractivity contribution in [1.29, 1.82) is 0 Å². The molecule has 2 aromatic rings. The van der Waals surface area contributed by atoms with Crippen LogP contribution in [-0.4, -0.2) is 53.4 Å². The summed E-state index contributed by atoms with van der Waals surface area (Å²) in [7, 11) is 3.88. The molecule has 1 aromatic heterocycles. The summed E-state index contributed by atoms with van der Waals surface area (Å²) in [6.07, 6.45) is -0.655. The molecule has 1 aromatic carbocycles. The fraction of sp³-hybridized carbons (Fsp3) is 0.438. The van der Waals surface area contributed by atoms with Crippen molar-refractivity contribution >= 4 is 22.5 Å². The first-order chi connectivity index (χ1) is 11.5. The van der Waals surface area contributed by atoms with Gasteiger partial charge in [0, 0.05) is 19.0 Å². The van der Waals surface area contributed by atoms with E-state index < -0.39 is 6.10 Å². The van der Waals surface area contributed by atoms with E-state index in [0.717, 1.165) is 10.6 Å². The Kier molecular flexibility index (Phi) is 6.65. The molecule has 0 aliphatic carbocycles. The van der Waals surface area contributed by atoms with Crippen molar-refractivity contribution in [2.45, 2.75) is 13.0 Å². The van der Waals surface area contributed by atoms with Gasteiger partial charge in [-0.3, -0.25) is 5.32 Å². The Hall–Kier alpha value is -2.03. The number of urea groups is 1. The maximum atomic E-state index is 12.0. The molecule has 0 unspecified atom stereocenters. The maximum Gasteiger partial charge on any atom is 0.321 e. The number of aromatic nitrogens is 2. The van der Waals surface area contributed by atoms with E-state index in [-0.39, 0.29) is 11.9 Å². The molecule has 0 bridgehead atoms. The number of amides is 2. The Morgan fingerprint density at radius 2 is 2.00 bits per heavy atom. The van der Waals surface area contributed by atoms with E-state index in [2.05, 4.69) is 20.8 Å². The number of hydrogen-bond acceptors (Lipinski definition) is 6. The summed E-state index contributed by atoms with van der Waals surface area (Å²) in [6, 6.07) is 9.11. The molecule has 2 rings (SSSR count). The molecule has 7 nitrogen and oxygen atoms in total. The van der Waals surface area contributed by atoms with Crippen LogP contribution in [0.15, 0.2) is 30.3 Å². The SMILES string of the molecule is Cc1nnc(NC(=O)NC[C@H](CN(C)C)[C@H](O)c2ccccc2)s1. The number of nitrogens with one attached hydrogen (secondary N) is 2. The van der Waals surface area contributed by atoms with Crippen LogP contribution < -0.4 is 10.6 Å². The molecule has 1 heterocycles. The Morgan fingerprint density at radius 3 is 2.58 bits per heavy atom. The van der Waals surface area contributed by atoms with Crippen molar-refractivity contribution in [2.75, 3.05) is 32.5 Å². The highest BCUT2D eigenvalue weighted by atomic mass is 32.1. The summed E-state index contributed by atoms with van der Waals surface area (Å²) in [5.74, 6) is -0.135. The van der Waals surface area contributed by atoms with E-state index in [4.69, 9.17) is 0 Å². The predicted molar refractivity (Wildman–Crippen MR) is 95.1 cm³/mol. The lowest BCUT2D eigenvalue weighted by Crippen LogP contribution is -2.39. The van der Waals surface area contributed by atoms with Gasteiger partial charge in [-0.15, -0.1) is 10.2 Å². The summed E-state index contributed by atoms with van der Waals surface area (Å²) in [5.41, 5.74) is 0.839. The van der Waals surface area contributed by atoms with Crippen molar-refractivity contribution in [3.05, 3.63) is 40.9 Å². The van der Waals surface area contributed by atoms with Crippen molar-refractivity contribution in [1.82, 2.24) is 20.4 Å². The molecule has 130 valence electrons. The molecule has 0 aliphatic rings. The van der Waals surface area contributed by atoms with Gasteiger partial charge < -0.3 is 15.3 Å². The summed E-state index contributed by atoms with van der Waals surface area (Å²) < 4.78 is 0. The molecular weight excluding hydrogens is 326 g/mol. The van der Waals surface area contributed by atoms with Crippen LogP contribution in [0, 0.1) is 12.8 Å². The standard InChI is InChI=1S/C16H23N5O2S/c1-11-19-20-16(24-11)18-15(23)17-9-13(10-21(2)3)14(22)12-7-5-4-6-8-12/h4-8,13-14,22H,9-10H2,1-3H3,(H2,17,18,20,23)/t13-,14-/m1/s1. The number of aryl methyl sites for hydroxylation is 1. The maximum absolute atomic E-state index is 12.0. The molecule has 8 heteroatoms. The number of rotatable bonds is 7. The van der Waals surface area contributed by atoms with E-state index in [9.17, 15) is 9.90 Å². The Labute approximate surface area is 145 Å². The molecule has 2 atom stereocenters. The van der Waals surface area contributed by atoms with Crippen LogP contribution in [0.1, 0.15) is 16.7 Å². The van der Waals surface area contributed by atoms with Crippen LogP contribution in [0.3, 0.4) is 0 Å². The van der Waals surface area contributed by atoms with E-state index in [1.54, 1.807) is 0 Å². The average molecular weight is 349 g/mol. The minimum Gasteiger partial charge on any atom is -0.388 e. The number of hydrogen-bond donors (Lipinski definition) is 3. The number of aliphatic hydroxyl groups excluding tert-OH is 1. The van der Waals surface area contributed by atoms with Gasteiger partial charge >= 0.3 is 6.03 Å². The smallest absolute Gasteiger partial charge is 0.321 e. The third-order valence-corrected chi connectivity index (χ3v) is 4.21. The number of anilines is 1. The van der Waals surface area contributed by atoms with Crippen molar-refractivity contribution < 1.29 is 9.90 Å². The fourth-order valence-electron chi connectivity index (χ4n) is 2.38. The summed E-state index contributed by atoms with van der Waals surface area (Å²) >= 11 is 1.31. The Morgan fingerprint density at radius 1 is 1.29 bits per heavy atom. The predicted octanol–water partition coefficient (Wildman–Crippen LogP) is 1.88. The third kappa shape index (κ3) is 5.55. The van der Waals surface area contributed by atoms with Gasteiger partial charge in [0.15, 0.2) is 0 Å². The van der Waals surface area contributed by atoms with Crippen LogP contribution in [0.2, 0.25) is 0 Å². The molecule has 0 fully saturated rings. The third-order valence-electron chi connectivity index (χ3n) is 3.46. The molecule has 0 spiro atoms. The molecule has 0 saturated carbocycles. The Balaban J connectivity index is 1.94. The molecule has 3 N–H and O–H groups in total. The van der Waals surface area contributed by atoms with Gasteiger partial charge in [0.2, 0.25) is 5.13 Å². The minimum atomic E-state index is -0.655. The van der Waals surface area contributed by atoms with Crippen molar-refractivity contribution in [3.8, 4) is 0 Å². The molecule has 0 radical (unpaired) electrons. The van der Waals surface area contributed by atoms with Crippen LogP contribution in [-0.2, 0) is 0 Å². The normalized spacial score (nSPS) is 13.5. The number of carbonyl (C=O) groups excluding carboxylic acids is 1. The van der Waals surface area contributed by atoms with Gasteiger partial charge in [0.25, 0.3) is 0 Å². The molecule has 0 saturated heterocycles. The van der Waals surface area contributed by atoms with Crippen LogP contribution >= 0.6 is 11.3 Å². The van der Waals surface area contributed by atoms with Gasteiger partial charge in [-0.05, 0) is 26.6 Å². The zero-order valence-electron chi connectivity index (χ0n) is 14.1. The van der Waals surface area contributed by atoms with Crippen molar-refractivity contribution in [3.63, 3.8) is 0 Å². The second-order valence-corrected chi connectivity index (χ2v) is 7.02. The van der Waals surface area contributed by atoms with E-state index >= 15 is 0 Å². The lowest BCUT2D eigenvalue weighted by atomic mass is 9.95. The zero-order valence-corrected chi connectivity index (χ0v) is 14.9. The lowest BCUT2D eigenvalue weighted by Gasteiger charge is -2.26. The van der Waals surface area contributed by atoms with Crippen LogP contribution in [0.4, 0.5) is 9.93 Å². The highest BCUT2D eigenvalue weighted by Gasteiger charge is 2.22. The second kappa shape index (κ2) is 8.72. The van der Waals surface area contributed by atoms with Crippen LogP contribution in [0.5, 0.6) is 0 Å². The number of aliphatic hydroxyl groups is 1. The number of nitrogens with zero attached hydrogens (tertiary/aromatic N) is 3. The van der Waals surface area contributed by atoms with Gasteiger partial charge in [0.1, 0.15) is 5.01 Å². The van der Waals surface area contributed by atoms with Gasteiger partial charge in [-0.1, -0.05) is 41.7 Å². The molecule has 24 heavy (non-hydrogen) atoms. The largest absolute Gasteiger partial charge is 0.388 e. The monoisotopic (exact) mass is 349 g/mol. The molecule has 0 aliphatic heterocycles. The highest BCUT2D eigenvalue weighted by molar-refractivity contribution is 7.15. The van der Waals surface area contributed by atoms with Gasteiger partial charge in [0.05, 0.1) is 6.10 Å². The molecule has 2 amide bonds. The first-order valence-corrected chi connectivity index (χ1v) is 8.50. The fourth-order valence-corrected chi connectivity index (χ4v) is 2.97. The lowest BCUT2D eigenvalue weighted by molar-refractivity contribution is 0.0911. The number of benzene rings is 1. The summed E-state index contributed by atoms with van der Waals surface area (Å²) in [4.78, 5) is 14.0. The first-order valence-electron chi connectivity index (χ1n) is 7.68. The van der Waals surface area contributed by atoms with Crippen molar-refractivity contribution in [2.24, 2.45) is 5.92 Å². The van der Waals surface area contributed by atoms with Gasteiger partial charge in [-0.25, -0.2) is 4.79 Å². The van der Waals surface area contributed by atoms with E-state index in [0.29, 0.717) is 18.2 Å². The van der Waals surface area contributed by atoms with Crippen LogP contribution in [0.25, 0.3) is 0 Å². The number of carbonyl (C=O) groups is 1.